The highest BCUT2D eigenvalue weighted by molar-refractivity contribution is 6.48. The van der Waals surface area contributed by atoms with Crippen LogP contribution in [-0.4, -0.2) is 35.3 Å². The summed E-state index contributed by atoms with van der Waals surface area (Å²) in [5.41, 5.74) is 0.259. The Labute approximate surface area is 113 Å². The zero-order valence-electron chi connectivity index (χ0n) is 12.2. The van der Waals surface area contributed by atoms with Crippen molar-refractivity contribution in [1.29, 1.82) is 0 Å². The Morgan fingerprint density at radius 3 is 2.00 bits per heavy atom. The van der Waals surface area contributed by atoms with Crippen LogP contribution in [0, 0.1) is 5.41 Å². The molecule has 0 amide bonds. The van der Waals surface area contributed by atoms with E-state index in [9.17, 15) is 0 Å². The van der Waals surface area contributed by atoms with Gasteiger partial charge in [0.2, 0.25) is 0 Å². The summed E-state index contributed by atoms with van der Waals surface area (Å²) < 4.78 is 17.9. The van der Waals surface area contributed by atoms with Crippen molar-refractivity contribution in [3.63, 3.8) is 0 Å². The third-order valence-corrected chi connectivity index (χ3v) is 7.86. The predicted molar refractivity (Wildman–Crippen MR) is 74.9 cm³/mol. The lowest BCUT2D eigenvalue weighted by Gasteiger charge is -2.53. The first-order chi connectivity index (χ1) is 8.68. The maximum atomic E-state index is 6.36. The molecule has 0 spiro atoms. The second-order valence-electron chi connectivity index (χ2n) is 6.12. The van der Waals surface area contributed by atoms with Gasteiger partial charge in [0.25, 0.3) is 0 Å². The summed E-state index contributed by atoms with van der Waals surface area (Å²) in [6.45, 7) is 3.29. The molecule has 0 aromatic carbocycles. The molecule has 2 aliphatic rings. The minimum absolute atomic E-state index is 0.102. The molecular formula is C14H28O3Si. The molecule has 1 saturated heterocycles. The SMILES string of the molecule is CO[SiH](OC)C1(C2(C)CCCCC2)CCCCO1. The second kappa shape index (κ2) is 6.03. The van der Waals surface area contributed by atoms with E-state index >= 15 is 0 Å². The van der Waals surface area contributed by atoms with E-state index in [-0.39, 0.29) is 10.6 Å². The Morgan fingerprint density at radius 1 is 0.889 bits per heavy atom. The average molecular weight is 272 g/mol. The fraction of sp³-hybridized carbons (Fsp3) is 1.00. The first-order valence-corrected chi connectivity index (χ1v) is 8.90. The van der Waals surface area contributed by atoms with Crippen molar-refractivity contribution in [3.05, 3.63) is 0 Å². The molecule has 2 rings (SSSR count). The summed E-state index contributed by atoms with van der Waals surface area (Å²) in [6, 6.07) is 0. The lowest BCUT2D eigenvalue weighted by molar-refractivity contribution is -0.132. The Hall–Kier alpha value is 0.0969. The van der Waals surface area contributed by atoms with E-state index in [0.29, 0.717) is 0 Å². The highest BCUT2D eigenvalue weighted by Crippen LogP contribution is 2.51. The summed E-state index contributed by atoms with van der Waals surface area (Å²) in [4.78, 5) is 0. The topological polar surface area (TPSA) is 27.7 Å². The number of hydrogen-bond donors (Lipinski definition) is 0. The molecule has 2 fully saturated rings. The normalized spacial score (nSPS) is 32.7. The van der Waals surface area contributed by atoms with Gasteiger partial charge in [-0.05, 0) is 37.5 Å². The molecule has 0 aromatic heterocycles. The van der Waals surface area contributed by atoms with Gasteiger partial charge in [-0.15, -0.1) is 0 Å². The standard InChI is InChI=1S/C14H28O3Si/c1-13(9-5-4-6-10-13)14(18(15-2)16-3)11-7-8-12-17-14/h18H,4-12H2,1-3H3. The smallest absolute Gasteiger partial charge is 0.354 e. The maximum absolute atomic E-state index is 6.36. The summed E-state index contributed by atoms with van der Waals surface area (Å²) in [5, 5.41) is -0.102. The van der Waals surface area contributed by atoms with Crippen molar-refractivity contribution in [2.45, 2.75) is 63.5 Å². The molecule has 106 valence electrons. The summed E-state index contributed by atoms with van der Waals surface area (Å²) in [7, 11) is 1.82. The van der Waals surface area contributed by atoms with Gasteiger partial charge in [0.1, 0.15) is 5.22 Å². The number of ether oxygens (including phenoxy) is 1. The Bertz CT molecular complexity index is 254. The monoisotopic (exact) mass is 272 g/mol. The average Bonchev–Trinajstić information content (AvgIpc) is 2.42. The molecule has 1 heterocycles. The molecule has 4 heteroatoms. The van der Waals surface area contributed by atoms with E-state index < -0.39 is 9.28 Å². The molecule has 1 atom stereocenters. The molecule has 1 saturated carbocycles. The Balaban J connectivity index is 2.27. The quantitative estimate of drug-likeness (QED) is 0.737. The van der Waals surface area contributed by atoms with E-state index in [1.807, 2.05) is 0 Å². The van der Waals surface area contributed by atoms with Gasteiger partial charge in [0, 0.05) is 20.8 Å². The van der Waals surface area contributed by atoms with Crippen LogP contribution in [0.1, 0.15) is 58.3 Å². The fourth-order valence-corrected chi connectivity index (χ4v) is 6.50. The molecule has 3 nitrogen and oxygen atoms in total. The number of rotatable bonds is 4. The van der Waals surface area contributed by atoms with Gasteiger partial charge < -0.3 is 13.6 Å². The van der Waals surface area contributed by atoms with Crippen LogP contribution in [0.15, 0.2) is 0 Å². The third-order valence-electron chi connectivity index (χ3n) is 5.09. The van der Waals surface area contributed by atoms with Crippen molar-refractivity contribution in [2.24, 2.45) is 5.41 Å². The predicted octanol–water partition coefficient (Wildman–Crippen LogP) is 2.95. The summed E-state index contributed by atoms with van der Waals surface area (Å²) in [5.74, 6) is 0. The van der Waals surface area contributed by atoms with Crippen LogP contribution in [-0.2, 0) is 13.6 Å². The lowest BCUT2D eigenvalue weighted by Crippen LogP contribution is -2.63. The van der Waals surface area contributed by atoms with Crippen molar-refractivity contribution in [2.75, 3.05) is 20.8 Å². The van der Waals surface area contributed by atoms with E-state index in [1.165, 1.54) is 44.9 Å². The van der Waals surface area contributed by atoms with Gasteiger partial charge in [-0.25, -0.2) is 0 Å². The molecule has 1 aliphatic heterocycles. The summed E-state index contributed by atoms with van der Waals surface area (Å²) >= 11 is 0. The molecule has 1 aliphatic carbocycles. The van der Waals surface area contributed by atoms with E-state index in [0.717, 1.165) is 13.0 Å². The van der Waals surface area contributed by atoms with Crippen LogP contribution in [0.3, 0.4) is 0 Å². The minimum atomic E-state index is -1.77. The zero-order valence-corrected chi connectivity index (χ0v) is 13.3. The second-order valence-corrected chi connectivity index (χ2v) is 8.66. The first-order valence-electron chi connectivity index (χ1n) is 7.38. The van der Waals surface area contributed by atoms with E-state index in [4.69, 9.17) is 13.6 Å². The van der Waals surface area contributed by atoms with Crippen molar-refractivity contribution in [3.8, 4) is 0 Å². The zero-order chi connectivity index (χ0) is 13.1. The van der Waals surface area contributed by atoms with Crippen LogP contribution in [0.25, 0.3) is 0 Å². The van der Waals surface area contributed by atoms with Gasteiger partial charge in [0.15, 0.2) is 0 Å². The molecule has 0 radical (unpaired) electrons. The maximum Gasteiger partial charge on any atom is 0.354 e. The van der Waals surface area contributed by atoms with Crippen molar-refractivity contribution >= 4 is 9.28 Å². The van der Waals surface area contributed by atoms with Crippen molar-refractivity contribution in [1.82, 2.24) is 0 Å². The van der Waals surface area contributed by atoms with Crippen LogP contribution in [0.2, 0.25) is 0 Å². The largest absolute Gasteiger partial charge is 0.398 e. The summed E-state index contributed by atoms with van der Waals surface area (Å²) in [6.07, 6.45) is 10.1. The van der Waals surface area contributed by atoms with Gasteiger partial charge >= 0.3 is 9.28 Å². The molecule has 0 bridgehead atoms. The van der Waals surface area contributed by atoms with Crippen molar-refractivity contribution < 1.29 is 13.6 Å². The molecule has 18 heavy (non-hydrogen) atoms. The molecule has 0 N–H and O–H groups in total. The molecule has 0 aromatic rings. The van der Waals surface area contributed by atoms with Gasteiger partial charge in [0.05, 0.1) is 0 Å². The Kier molecular flexibility index (Phi) is 4.86. The fourth-order valence-electron chi connectivity index (χ4n) is 3.99. The Morgan fingerprint density at radius 2 is 1.50 bits per heavy atom. The number of hydrogen-bond acceptors (Lipinski definition) is 3. The van der Waals surface area contributed by atoms with Gasteiger partial charge in [-0.1, -0.05) is 26.2 Å². The highest BCUT2D eigenvalue weighted by atomic mass is 28.3. The highest BCUT2D eigenvalue weighted by Gasteiger charge is 2.57. The van der Waals surface area contributed by atoms with Crippen LogP contribution >= 0.6 is 0 Å². The molecular weight excluding hydrogens is 244 g/mol. The van der Waals surface area contributed by atoms with Gasteiger partial charge in [-0.2, -0.15) is 0 Å². The van der Waals surface area contributed by atoms with Crippen LogP contribution in [0.5, 0.6) is 0 Å². The van der Waals surface area contributed by atoms with Crippen LogP contribution in [0.4, 0.5) is 0 Å². The minimum Gasteiger partial charge on any atom is -0.398 e. The van der Waals surface area contributed by atoms with Gasteiger partial charge in [-0.3, -0.25) is 0 Å². The molecule has 1 unspecified atom stereocenters. The van der Waals surface area contributed by atoms with Crippen LogP contribution < -0.4 is 0 Å². The first kappa shape index (κ1) is 14.5. The van der Waals surface area contributed by atoms with E-state index in [1.54, 1.807) is 14.2 Å². The third kappa shape index (κ3) is 2.40. The lowest BCUT2D eigenvalue weighted by atomic mass is 9.69. The van der Waals surface area contributed by atoms with E-state index in [2.05, 4.69) is 6.92 Å².